The second-order valence-electron chi connectivity index (χ2n) is 8.04. The van der Waals surface area contributed by atoms with Crippen molar-refractivity contribution in [3.05, 3.63) is 70.0 Å². The Morgan fingerprint density at radius 1 is 1.12 bits per heavy atom. The van der Waals surface area contributed by atoms with Gasteiger partial charge in [0, 0.05) is 39.3 Å². The van der Waals surface area contributed by atoms with Crippen LogP contribution in [0.5, 0.6) is 0 Å². The Morgan fingerprint density at radius 3 is 2.39 bits per heavy atom. The van der Waals surface area contributed by atoms with Crippen LogP contribution in [0.3, 0.4) is 0 Å². The minimum atomic E-state index is -4.55. The van der Waals surface area contributed by atoms with Crippen LogP contribution in [0.25, 0.3) is 0 Å². The van der Waals surface area contributed by atoms with Crippen molar-refractivity contribution in [3.63, 3.8) is 0 Å². The average molecular weight is 509 g/mol. The minimum absolute atomic E-state index is 0.164. The number of ether oxygens (including phenoxy) is 1. The van der Waals surface area contributed by atoms with Crippen molar-refractivity contribution < 1.29 is 30.7 Å². The Balaban J connectivity index is 1.62. The van der Waals surface area contributed by atoms with Crippen LogP contribution in [0.2, 0.25) is 5.02 Å². The molecule has 1 heterocycles. The van der Waals surface area contributed by atoms with Gasteiger partial charge in [-0.2, -0.15) is 17.5 Å². The number of alkyl halides is 3. The Kier molecular flexibility index (Phi) is 8.39. The molecular formula is C22H25ClF4N2O3S. The smallest absolute Gasteiger partial charge is 0.375 e. The molecule has 0 unspecified atom stereocenters. The molecule has 0 amide bonds. The SMILES string of the molecule is CS(=O)(=O)N1CC(OCCCN(Cc2ccc(F)cc2)Cc2cccc(C(F)(F)F)c2Cl)C1. The zero-order valence-electron chi connectivity index (χ0n) is 18.0. The zero-order chi connectivity index (χ0) is 24.2. The molecule has 0 aromatic heterocycles. The molecule has 11 heteroatoms. The summed E-state index contributed by atoms with van der Waals surface area (Å²) in [6.45, 7) is 2.06. The van der Waals surface area contributed by atoms with E-state index in [1.165, 1.54) is 22.5 Å². The number of nitrogens with zero attached hydrogens (tertiary/aromatic N) is 2. The third-order valence-electron chi connectivity index (χ3n) is 5.35. The van der Waals surface area contributed by atoms with Crippen molar-refractivity contribution in [2.45, 2.75) is 31.8 Å². The van der Waals surface area contributed by atoms with Gasteiger partial charge >= 0.3 is 6.18 Å². The van der Waals surface area contributed by atoms with E-state index in [0.717, 1.165) is 17.9 Å². The number of sulfonamides is 1. The minimum Gasteiger partial charge on any atom is -0.375 e. The van der Waals surface area contributed by atoms with E-state index in [0.29, 0.717) is 44.8 Å². The van der Waals surface area contributed by atoms with Crippen LogP contribution in [0.1, 0.15) is 23.1 Å². The molecule has 33 heavy (non-hydrogen) atoms. The molecule has 1 fully saturated rings. The molecule has 0 bridgehead atoms. The van der Waals surface area contributed by atoms with Crippen molar-refractivity contribution in [2.24, 2.45) is 0 Å². The Bertz CT molecular complexity index is 1040. The van der Waals surface area contributed by atoms with E-state index in [9.17, 15) is 26.0 Å². The number of halogens is 5. The van der Waals surface area contributed by atoms with E-state index in [-0.39, 0.29) is 23.5 Å². The molecule has 0 N–H and O–H groups in total. The fraction of sp³-hybridized carbons (Fsp3) is 0.455. The zero-order valence-corrected chi connectivity index (χ0v) is 19.6. The molecule has 3 rings (SSSR count). The highest BCUT2D eigenvalue weighted by molar-refractivity contribution is 7.88. The van der Waals surface area contributed by atoms with Gasteiger partial charge in [-0.1, -0.05) is 35.9 Å². The third-order valence-corrected chi connectivity index (χ3v) is 7.04. The van der Waals surface area contributed by atoms with Gasteiger partial charge in [0.1, 0.15) is 5.82 Å². The van der Waals surface area contributed by atoms with Crippen molar-refractivity contribution in [2.75, 3.05) is 32.5 Å². The summed E-state index contributed by atoms with van der Waals surface area (Å²) in [6.07, 6.45) is -2.99. The maximum atomic E-state index is 13.2. The van der Waals surface area contributed by atoms with Crippen LogP contribution in [0.4, 0.5) is 17.6 Å². The lowest BCUT2D eigenvalue weighted by molar-refractivity contribution is -0.137. The number of hydrogen-bond donors (Lipinski definition) is 0. The third kappa shape index (κ3) is 7.38. The van der Waals surface area contributed by atoms with E-state index < -0.39 is 21.8 Å². The predicted octanol–water partition coefficient (Wildman–Crippen LogP) is 4.55. The van der Waals surface area contributed by atoms with E-state index in [4.69, 9.17) is 16.3 Å². The lowest BCUT2D eigenvalue weighted by atomic mass is 10.1. The summed E-state index contributed by atoms with van der Waals surface area (Å²) < 4.78 is 82.8. The first kappa shape index (κ1) is 25.9. The molecular weight excluding hydrogens is 484 g/mol. The Hall–Kier alpha value is -1.72. The Morgan fingerprint density at radius 2 is 1.79 bits per heavy atom. The summed E-state index contributed by atoms with van der Waals surface area (Å²) in [5, 5.41) is -0.333. The second-order valence-corrected chi connectivity index (χ2v) is 10.4. The molecule has 182 valence electrons. The molecule has 0 spiro atoms. The number of rotatable bonds is 10. The molecule has 0 radical (unpaired) electrons. The lowest BCUT2D eigenvalue weighted by Gasteiger charge is -2.36. The summed E-state index contributed by atoms with van der Waals surface area (Å²) >= 11 is 6.07. The molecule has 1 saturated heterocycles. The van der Waals surface area contributed by atoms with E-state index in [2.05, 4.69) is 0 Å². The van der Waals surface area contributed by atoms with Crippen molar-refractivity contribution >= 4 is 21.6 Å². The predicted molar refractivity (Wildman–Crippen MR) is 118 cm³/mol. The van der Waals surface area contributed by atoms with Gasteiger partial charge in [-0.25, -0.2) is 12.8 Å². The molecule has 2 aromatic carbocycles. The van der Waals surface area contributed by atoms with E-state index >= 15 is 0 Å². The van der Waals surface area contributed by atoms with Gasteiger partial charge in [-0.05, 0) is 35.7 Å². The monoisotopic (exact) mass is 508 g/mol. The summed E-state index contributed by atoms with van der Waals surface area (Å²) in [6, 6.07) is 9.74. The fourth-order valence-electron chi connectivity index (χ4n) is 3.54. The van der Waals surface area contributed by atoms with Crippen LogP contribution in [-0.4, -0.2) is 56.2 Å². The normalized spacial score (nSPS) is 15.7. The summed E-state index contributed by atoms with van der Waals surface area (Å²) in [5.74, 6) is -0.372. The van der Waals surface area contributed by atoms with Crippen LogP contribution in [0, 0.1) is 5.82 Å². The van der Waals surface area contributed by atoms with Gasteiger partial charge < -0.3 is 4.74 Å². The topological polar surface area (TPSA) is 49.9 Å². The van der Waals surface area contributed by atoms with Gasteiger partial charge in [0.05, 0.1) is 22.9 Å². The van der Waals surface area contributed by atoms with E-state index in [1.54, 1.807) is 18.2 Å². The summed E-state index contributed by atoms with van der Waals surface area (Å²) in [7, 11) is -3.21. The molecule has 0 aliphatic carbocycles. The quantitative estimate of drug-likeness (QED) is 0.349. The first-order chi connectivity index (χ1) is 15.4. The van der Waals surface area contributed by atoms with Gasteiger partial charge in [0.2, 0.25) is 10.0 Å². The molecule has 0 atom stereocenters. The van der Waals surface area contributed by atoms with Crippen LogP contribution in [0.15, 0.2) is 42.5 Å². The van der Waals surface area contributed by atoms with Gasteiger partial charge in [-0.15, -0.1) is 0 Å². The Labute approximate surface area is 195 Å². The number of benzene rings is 2. The van der Waals surface area contributed by atoms with Crippen molar-refractivity contribution in [1.82, 2.24) is 9.21 Å². The fourth-order valence-corrected chi connectivity index (χ4v) is 4.71. The maximum Gasteiger partial charge on any atom is 0.417 e. The highest BCUT2D eigenvalue weighted by Gasteiger charge is 2.34. The lowest BCUT2D eigenvalue weighted by Crippen LogP contribution is -2.54. The van der Waals surface area contributed by atoms with Crippen LogP contribution >= 0.6 is 11.6 Å². The van der Waals surface area contributed by atoms with Gasteiger partial charge in [-0.3, -0.25) is 4.90 Å². The van der Waals surface area contributed by atoms with Gasteiger partial charge in [0.25, 0.3) is 0 Å². The molecule has 1 aliphatic heterocycles. The van der Waals surface area contributed by atoms with Gasteiger partial charge in [0.15, 0.2) is 0 Å². The molecule has 0 saturated carbocycles. The average Bonchev–Trinajstić information content (AvgIpc) is 2.67. The van der Waals surface area contributed by atoms with Crippen LogP contribution in [-0.2, 0) is 34.0 Å². The number of hydrogen-bond acceptors (Lipinski definition) is 4. The largest absolute Gasteiger partial charge is 0.417 e. The van der Waals surface area contributed by atoms with Crippen LogP contribution < -0.4 is 0 Å². The van der Waals surface area contributed by atoms with Crippen molar-refractivity contribution in [3.8, 4) is 0 Å². The summed E-state index contributed by atoms with van der Waals surface area (Å²) in [5.41, 5.74) is 0.271. The molecule has 5 nitrogen and oxygen atoms in total. The highest BCUT2D eigenvalue weighted by atomic mass is 35.5. The van der Waals surface area contributed by atoms with Crippen molar-refractivity contribution in [1.29, 1.82) is 0 Å². The molecule has 1 aliphatic rings. The molecule has 2 aromatic rings. The second kappa shape index (κ2) is 10.7. The highest BCUT2D eigenvalue weighted by Crippen LogP contribution is 2.36. The van der Waals surface area contributed by atoms with E-state index in [1.807, 2.05) is 4.90 Å². The first-order valence-corrected chi connectivity index (χ1v) is 12.5. The first-order valence-electron chi connectivity index (χ1n) is 10.3. The summed E-state index contributed by atoms with van der Waals surface area (Å²) in [4.78, 5) is 1.92. The maximum absolute atomic E-state index is 13.2. The standard InChI is InChI=1S/C22H25ClF4N2O3S/c1-33(30,31)29-14-19(15-29)32-11-3-10-28(12-16-6-8-18(24)9-7-16)13-17-4-2-5-20(21(17)23)22(25,26)27/h2,4-9,19H,3,10-15H2,1H3.